The predicted molar refractivity (Wildman–Crippen MR) is 72.5 cm³/mol. The summed E-state index contributed by atoms with van der Waals surface area (Å²) in [5.74, 6) is -0.240. The molecular formula is C12H16Cl2N2O. The summed E-state index contributed by atoms with van der Waals surface area (Å²) in [6.45, 7) is 5.73. The molecule has 0 unspecified atom stereocenters. The molecule has 1 amide bonds. The van der Waals surface area contributed by atoms with Crippen molar-refractivity contribution >= 4 is 34.8 Å². The summed E-state index contributed by atoms with van der Waals surface area (Å²) in [6.07, 6.45) is 0. The number of hydrogen-bond donors (Lipinski definition) is 2. The highest BCUT2D eigenvalue weighted by molar-refractivity contribution is 6.42. The van der Waals surface area contributed by atoms with Gasteiger partial charge in [0.05, 0.1) is 16.1 Å². The van der Waals surface area contributed by atoms with E-state index in [4.69, 9.17) is 28.9 Å². The van der Waals surface area contributed by atoms with Crippen LogP contribution in [0.4, 0.5) is 5.69 Å². The van der Waals surface area contributed by atoms with Gasteiger partial charge in [-0.1, -0.05) is 44.0 Å². The third-order valence-corrected chi connectivity index (χ3v) is 3.14. The molecule has 1 rings (SSSR count). The third-order valence-electron chi connectivity index (χ3n) is 2.40. The lowest BCUT2D eigenvalue weighted by Crippen LogP contribution is -2.45. The molecule has 0 heterocycles. The van der Waals surface area contributed by atoms with E-state index in [0.717, 1.165) is 0 Å². The van der Waals surface area contributed by atoms with Gasteiger partial charge < -0.3 is 11.1 Å². The highest BCUT2D eigenvalue weighted by Gasteiger charge is 2.27. The number of amides is 1. The first-order chi connectivity index (χ1) is 7.71. The van der Waals surface area contributed by atoms with Gasteiger partial charge in [0.1, 0.15) is 0 Å². The first-order valence-electron chi connectivity index (χ1n) is 5.23. The zero-order valence-electron chi connectivity index (χ0n) is 10.1. The number of hydrogen-bond acceptors (Lipinski definition) is 2. The second-order valence-electron chi connectivity index (χ2n) is 4.96. The molecule has 5 heteroatoms. The van der Waals surface area contributed by atoms with Crippen LogP contribution in [0.15, 0.2) is 18.2 Å². The molecule has 0 aliphatic rings. The minimum atomic E-state index is -0.586. The van der Waals surface area contributed by atoms with E-state index in [-0.39, 0.29) is 11.3 Å². The van der Waals surface area contributed by atoms with Crippen molar-refractivity contribution in [3.8, 4) is 0 Å². The third kappa shape index (κ3) is 3.87. The predicted octanol–water partition coefficient (Wildman–Crippen LogP) is 3.31. The van der Waals surface area contributed by atoms with Crippen LogP contribution in [0.2, 0.25) is 10.0 Å². The summed E-state index contributed by atoms with van der Waals surface area (Å²) in [7, 11) is 0. The fourth-order valence-corrected chi connectivity index (χ4v) is 1.49. The molecule has 0 saturated heterocycles. The number of halogens is 2. The summed E-state index contributed by atoms with van der Waals surface area (Å²) in [5.41, 5.74) is 6.13. The fraction of sp³-hybridized carbons (Fsp3) is 0.417. The maximum absolute atomic E-state index is 11.8. The van der Waals surface area contributed by atoms with Gasteiger partial charge in [0.15, 0.2) is 0 Å². The van der Waals surface area contributed by atoms with Crippen molar-refractivity contribution in [2.75, 3.05) is 5.32 Å². The number of nitrogens with two attached hydrogens (primary N) is 1. The Morgan fingerprint density at radius 3 is 2.35 bits per heavy atom. The summed E-state index contributed by atoms with van der Waals surface area (Å²) in [6, 6.07) is 4.32. The lowest BCUT2D eigenvalue weighted by atomic mass is 9.87. The minimum absolute atomic E-state index is 0.240. The van der Waals surface area contributed by atoms with E-state index in [0.29, 0.717) is 15.7 Å². The topological polar surface area (TPSA) is 55.1 Å². The molecule has 3 N–H and O–H groups in total. The second kappa shape index (κ2) is 5.25. The minimum Gasteiger partial charge on any atom is -0.325 e. The molecule has 3 nitrogen and oxygen atoms in total. The van der Waals surface area contributed by atoms with Crippen molar-refractivity contribution < 1.29 is 4.79 Å². The van der Waals surface area contributed by atoms with Gasteiger partial charge >= 0.3 is 0 Å². The first kappa shape index (κ1) is 14.3. The van der Waals surface area contributed by atoms with Crippen molar-refractivity contribution in [1.29, 1.82) is 0 Å². The van der Waals surface area contributed by atoms with Gasteiger partial charge in [0, 0.05) is 5.69 Å². The van der Waals surface area contributed by atoms with Crippen molar-refractivity contribution in [3.05, 3.63) is 28.2 Å². The number of anilines is 1. The highest BCUT2D eigenvalue weighted by atomic mass is 35.5. The van der Waals surface area contributed by atoms with Crippen molar-refractivity contribution in [3.63, 3.8) is 0 Å². The monoisotopic (exact) mass is 274 g/mol. The van der Waals surface area contributed by atoms with Crippen LogP contribution in [0.1, 0.15) is 20.8 Å². The number of carbonyl (C=O) groups excluding carboxylic acids is 1. The number of nitrogens with one attached hydrogen (secondary N) is 1. The van der Waals surface area contributed by atoms with Crippen LogP contribution < -0.4 is 11.1 Å². The maximum atomic E-state index is 11.8. The number of benzene rings is 1. The molecule has 1 aromatic carbocycles. The highest BCUT2D eigenvalue weighted by Crippen LogP contribution is 2.25. The van der Waals surface area contributed by atoms with Gasteiger partial charge in [0.25, 0.3) is 0 Å². The van der Waals surface area contributed by atoms with Gasteiger partial charge in [-0.3, -0.25) is 4.79 Å². The molecule has 0 bridgehead atoms. The van der Waals surface area contributed by atoms with E-state index in [9.17, 15) is 4.79 Å². The molecule has 1 aromatic rings. The van der Waals surface area contributed by atoms with E-state index < -0.39 is 6.04 Å². The molecular weight excluding hydrogens is 259 g/mol. The van der Waals surface area contributed by atoms with E-state index in [1.165, 1.54) is 0 Å². The second-order valence-corrected chi connectivity index (χ2v) is 5.78. The SMILES string of the molecule is CC(C)(C)[C@@H](N)C(=O)Nc1ccc(Cl)c(Cl)c1. The Morgan fingerprint density at radius 1 is 1.29 bits per heavy atom. The van der Waals surface area contributed by atoms with Crippen LogP contribution >= 0.6 is 23.2 Å². The molecule has 94 valence electrons. The van der Waals surface area contributed by atoms with Crippen LogP contribution in [0.3, 0.4) is 0 Å². The molecule has 1 atom stereocenters. The van der Waals surface area contributed by atoms with E-state index in [1.807, 2.05) is 20.8 Å². The lowest BCUT2D eigenvalue weighted by molar-refractivity contribution is -0.119. The Morgan fingerprint density at radius 2 is 1.88 bits per heavy atom. The van der Waals surface area contributed by atoms with Crippen LogP contribution in [0.25, 0.3) is 0 Å². The normalized spacial score (nSPS) is 13.3. The van der Waals surface area contributed by atoms with Crippen LogP contribution in [0, 0.1) is 5.41 Å². The molecule has 0 radical (unpaired) electrons. The smallest absolute Gasteiger partial charge is 0.241 e. The number of rotatable bonds is 2. The van der Waals surface area contributed by atoms with Crippen molar-refractivity contribution in [2.24, 2.45) is 11.1 Å². The van der Waals surface area contributed by atoms with Gasteiger partial charge in [0.2, 0.25) is 5.91 Å². The zero-order valence-corrected chi connectivity index (χ0v) is 11.6. The number of carbonyl (C=O) groups is 1. The average molecular weight is 275 g/mol. The molecule has 0 aliphatic heterocycles. The zero-order chi connectivity index (χ0) is 13.2. The van der Waals surface area contributed by atoms with E-state index in [2.05, 4.69) is 5.32 Å². The quantitative estimate of drug-likeness (QED) is 0.870. The largest absolute Gasteiger partial charge is 0.325 e. The average Bonchev–Trinajstić information content (AvgIpc) is 2.21. The van der Waals surface area contributed by atoms with Gasteiger partial charge in [-0.05, 0) is 23.6 Å². The molecule has 17 heavy (non-hydrogen) atoms. The summed E-state index contributed by atoms with van der Waals surface area (Å²) < 4.78 is 0. The van der Waals surface area contributed by atoms with Crippen molar-refractivity contribution in [2.45, 2.75) is 26.8 Å². The van der Waals surface area contributed by atoms with E-state index in [1.54, 1.807) is 18.2 Å². The van der Waals surface area contributed by atoms with Gasteiger partial charge in [-0.25, -0.2) is 0 Å². The Hall–Kier alpha value is -0.770. The summed E-state index contributed by atoms with van der Waals surface area (Å²) in [4.78, 5) is 11.8. The van der Waals surface area contributed by atoms with Crippen LogP contribution in [-0.2, 0) is 4.79 Å². The van der Waals surface area contributed by atoms with E-state index >= 15 is 0 Å². The van der Waals surface area contributed by atoms with Gasteiger partial charge in [-0.2, -0.15) is 0 Å². The lowest BCUT2D eigenvalue weighted by Gasteiger charge is -2.25. The molecule has 0 saturated carbocycles. The Kier molecular flexibility index (Phi) is 4.42. The molecule has 0 fully saturated rings. The summed E-state index contributed by atoms with van der Waals surface area (Å²) in [5, 5.41) is 3.56. The Balaban J connectivity index is 2.78. The van der Waals surface area contributed by atoms with Crippen LogP contribution in [0.5, 0.6) is 0 Å². The van der Waals surface area contributed by atoms with Gasteiger partial charge in [-0.15, -0.1) is 0 Å². The standard InChI is InChI=1S/C12H16Cl2N2O/c1-12(2,3)10(15)11(17)16-7-4-5-8(13)9(14)6-7/h4-6,10H,15H2,1-3H3,(H,16,17)/t10-/m0/s1. The molecule has 0 aromatic heterocycles. The van der Waals surface area contributed by atoms with Crippen LogP contribution in [-0.4, -0.2) is 11.9 Å². The van der Waals surface area contributed by atoms with Crippen molar-refractivity contribution in [1.82, 2.24) is 0 Å². The maximum Gasteiger partial charge on any atom is 0.241 e. The summed E-state index contributed by atoms with van der Waals surface area (Å²) >= 11 is 11.6. The molecule has 0 spiro atoms. The Labute approximate surface area is 111 Å². The fourth-order valence-electron chi connectivity index (χ4n) is 1.19. The Bertz CT molecular complexity index is 427. The molecule has 0 aliphatic carbocycles. The first-order valence-corrected chi connectivity index (χ1v) is 5.99.